The maximum absolute atomic E-state index is 2.73. The number of rotatable bonds is 5. The summed E-state index contributed by atoms with van der Waals surface area (Å²) in [7, 11) is 0. The van der Waals surface area contributed by atoms with Crippen molar-refractivity contribution in [1.82, 2.24) is 0 Å². The third kappa shape index (κ3) is 7.94. The summed E-state index contributed by atoms with van der Waals surface area (Å²) >= 11 is 1.91. The van der Waals surface area contributed by atoms with Gasteiger partial charge in [0.1, 0.15) is 0 Å². The first-order valence-electron chi connectivity index (χ1n) is 28.4. The molecule has 0 saturated heterocycles. The van der Waals surface area contributed by atoms with Gasteiger partial charge in [-0.1, -0.05) is 224 Å². The summed E-state index contributed by atoms with van der Waals surface area (Å²) < 4.78 is 2.63. The van der Waals surface area contributed by atoms with E-state index in [0.717, 1.165) is 0 Å². The van der Waals surface area contributed by atoms with Crippen LogP contribution in [0.2, 0.25) is 0 Å². The fourth-order valence-electron chi connectivity index (χ4n) is 13.4. The molecule has 0 spiro atoms. The molecule has 2 nitrogen and oxygen atoms in total. The van der Waals surface area contributed by atoms with E-state index in [2.05, 4.69) is 289 Å². The third-order valence-corrected chi connectivity index (χ3v) is 18.9. The smallest absolute Gasteiger partial charge is 0.333 e. The molecule has 0 saturated carbocycles. The van der Waals surface area contributed by atoms with Crippen LogP contribution in [0.3, 0.4) is 0 Å². The lowest BCUT2D eigenvalue weighted by atomic mass is 9.42. The van der Waals surface area contributed by atoms with Crippen LogP contribution in [-0.4, -0.2) is 6.85 Å². The Morgan fingerprint density at radius 2 is 0.936 bits per heavy atom. The van der Waals surface area contributed by atoms with E-state index in [1.165, 1.54) is 132 Å². The van der Waals surface area contributed by atoms with Crippen LogP contribution < -0.4 is 20.6 Å². The predicted octanol–water partition coefficient (Wildman–Crippen LogP) is 19.4. The highest BCUT2D eigenvalue weighted by Gasteiger charge is 2.50. The van der Waals surface area contributed by atoms with Crippen LogP contribution in [-0.2, 0) is 27.1 Å². The second-order valence-electron chi connectivity index (χ2n) is 27.4. The average Bonchev–Trinajstić information content (AvgIpc) is 3.20. The molecule has 9 aromatic carbocycles. The molecule has 4 heteroatoms. The average molecular weight is 1030 g/mol. The van der Waals surface area contributed by atoms with Gasteiger partial charge in [0, 0.05) is 65.5 Å². The Hall–Kier alpha value is -7.14. The van der Waals surface area contributed by atoms with Crippen LogP contribution in [0.1, 0.15) is 153 Å². The van der Waals surface area contributed by atoms with E-state index in [0.29, 0.717) is 0 Å². The Balaban J connectivity index is 1.16. The highest BCUT2D eigenvalue weighted by molar-refractivity contribution is 7.25. The minimum Gasteiger partial charge on any atom is -0.376 e. The molecule has 0 unspecified atom stereocenters. The van der Waals surface area contributed by atoms with Crippen molar-refractivity contribution in [3.8, 4) is 22.3 Å². The second-order valence-corrected chi connectivity index (χ2v) is 28.5. The van der Waals surface area contributed by atoms with Crippen LogP contribution in [0.15, 0.2) is 182 Å². The molecule has 78 heavy (non-hydrogen) atoms. The number of hydrogen-bond donors (Lipinski definition) is 0. The van der Waals surface area contributed by atoms with E-state index in [1.54, 1.807) is 0 Å². The zero-order chi connectivity index (χ0) is 54.6. The number of nitrogens with zero attached hydrogens (tertiary/aromatic N) is 2. The van der Waals surface area contributed by atoms with Crippen molar-refractivity contribution in [3.05, 3.63) is 232 Å². The molecule has 0 amide bonds. The summed E-state index contributed by atoms with van der Waals surface area (Å²) in [5, 5.41) is 2.64. The first kappa shape index (κ1) is 50.4. The standard InChI is InChI=1S/C74H73BN2S/c1-70(2,3)48-28-23-45(24-29-48)66(46-25-30-49(31-26-46)71(4,5)6)47-27-40-61-63(41-47)76(52-36-32-50(33-37-52)72(7,8)9)69-67-58(54-19-15-17-21-60(54)74(67,13)14)43-59-56-42-57-55-20-16-18-22-64(55)78-65(57)44-62(56)77(75(61)68(59)69)53-38-34-51(35-39-53)73(10,11)12/h15-44,66H,1-14H3. The number of benzene rings is 9. The molecule has 0 radical (unpaired) electrons. The van der Waals surface area contributed by atoms with Gasteiger partial charge >= 0.3 is 6.85 Å². The van der Waals surface area contributed by atoms with E-state index in [-0.39, 0.29) is 39.8 Å². The number of fused-ring (bicyclic) bond motifs is 11. The molecule has 13 rings (SSSR count). The van der Waals surface area contributed by atoms with Crippen molar-refractivity contribution < 1.29 is 0 Å². The maximum Gasteiger partial charge on any atom is 0.333 e. The third-order valence-electron chi connectivity index (χ3n) is 17.8. The van der Waals surface area contributed by atoms with Gasteiger partial charge in [-0.05, 0) is 154 Å². The fourth-order valence-corrected chi connectivity index (χ4v) is 14.5. The van der Waals surface area contributed by atoms with Crippen LogP contribution in [0.4, 0.5) is 28.4 Å². The molecular formula is C74H73BN2S. The Morgan fingerprint density at radius 1 is 0.423 bits per heavy atom. The lowest BCUT2D eigenvalue weighted by Crippen LogP contribution is -2.62. The lowest BCUT2D eigenvalue weighted by Gasteiger charge is -2.47. The van der Waals surface area contributed by atoms with Gasteiger partial charge in [0.05, 0.1) is 0 Å². The van der Waals surface area contributed by atoms with E-state index in [1.807, 2.05) is 11.3 Å². The molecule has 2 aliphatic heterocycles. The summed E-state index contributed by atoms with van der Waals surface area (Å²) in [6, 6.07) is 71.7. The molecule has 1 aliphatic carbocycles. The zero-order valence-corrected chi connectivity index (χ0v) is 49.1. The van der Waals surface area contributed by atoms with Crippen molar-refractivity contribution in [3.63, 3.8) is 0 Å². The zero-order valence-electron chi connectivity index (χ0n) is 48.3. The normalized spacial score (nSPS) is 14.7. The summed E-state index contributed by atoms with van der Waals surface area (Å²) in [6.45, 7) is 32.6. The molecular weight excluding hydrogens is 960 g/mol. The summed E-state index contributed by atoms with van der Waals surface area (Å²) in [6.07, 6.45) is 0. The van der Waals surface area contributed by atoms with Crippen molar-refractivity contribution in [1.29, 1.82) is 0 Å². The fraction of sp³-hybridized carbons (Fsp3) is 0.270. The van der Waals surface area contributed by atoms with Crippen molar-refractivity contribution >= 4 is 77.7 Å². The van der Waals surface area contributed by atoms with Gasteiger partial charge in [-0.2, -0.15) is 0 Å². The monoisotopic (exact) mass is 1030 g/mol. The van der Waals surface area contributed by atoms with Crippen LogP contribution in [0.25, 0.3) is 42.4 Å². The molecule has 0 bridgehead atoms. The van der Waals surface area contributed by atoms with Crippen LogP contribution in [0.5, 0.6) is 0 Å². The van der Waals surface area contributed by atoms with E-state index in [4.69, 9.17) is 0 Å². The minimum atomic E-state index is -0.307. The topological polar surface area (TPSA) is 6.48 Å². The van der Waals surface area contributed by atoms with Gasteiger partial charge in [0.2, 0.25) is 0 Å². The van der Waals surface area contributed by atoms with E-state index >= 15 is 0 Å². The van der Waals surface area contributed by atoms with Crippen molar-refractivity contribution in [2.45, 2.75) is 130 Å². The van der Waals surface area contributed by atoms with E-state index in [9.17, 15) is 0 Å². The summed E-state index contributed by atoms with van der Waals surface area (Å²) in [4.78, 5) is 5.44. The highest BCUT2D eigenvalue weighted by atomic mass is 32.1. The SMILES string of the molecule is CC(C)(C)c1ccc(C(c2ccc(C(C)(C)C)cc2)c2ccc3c(c2)N(c2ccc(C(C)(C)C)cc2)c2c4c(cc5c2C(C)(C)c2ccccc2-5)-c2cc5c(cc2N(c2ccc(C(C)(C)C)cc2)B34)sc2ccccc25)cc1. The molecule has 3 aliphatic rings. The first-order valence-corrected chi connectivity index (χ1v) is 29.2. The molecule has 1 aromatic heterocycles. The molecule has 388 valence electrons. The second kappa shape index (κ2) is 17.4. The van der Waals surface area contributed by atoms with Gasteiger partial charge in [-0.25, -0.2) is 0 Å². The molecule has 0 fully saturated rings. The van der Waals surface area contributed by atoms with Gasteiger partial charge in [0.15, 0.2) is 0 Å². The Morgan fingerprint density at radius 3 is 1.51 bits per heavy atom. The lowest BCUT2D eigenvalue weighted by molar-refractivity contribution is 0.589. The molecule has 3 heterocycles. The van der Waals surface area contributed by atoms with Crippen LogP contribution >= 0.6 is 11.3 Å². The largest absolute Gasteiger partial charge is 0.376 e. The number of anilines is 5. The Bertz CT molecular complexity index is 3960. The highest BCUT2D eigenvalue weighted by Crippen LogP contribution is 2.59. The Kier molecular flexibility index (Phi) is 11.3. The minimum absolute atomic E-state index is 0.00436. The summed E-state index contributed by atoms with van der Waals surface area (Å²) in [5.41, 5.74) is 25.8. The van der Waals surface area contributed by atoms with Gasteiger partial charge in [0.25, 0.3) is 0 Å². The van der Waals surface area contributed by atoms with Gasteiger partial charge in [-0.3, -0.25) is 0 Å². The number of thiophene rings is 1. The molecule has 0 atom stereocenters. The van der Waals surface area contributed by atoms with Gasteiger partial charge < -0.3 is 9.71 Å². The molecule has 10 aromatic rings. The van der Waals surface area contributed by atoms with E-state index < -0.39 is 0 Å². The van der Waals surface area contributed by atoms with Crippen LogP contribution in [0, 0.1) is 0 Å². The van der Waals surface area contributed by atoms with Gasteiger partial charge in [-0.15, -0.1) is 11.3 Å². The summed E-state index contributed by atoms with van der Waals surface area (Å²) in [5.74, 6) is -0.0167. The van der Waals surface area contributed by atoms with Crippen molar-refractivity contribution in [2.24, 2.45) is 0 Å². The van der Waals surface area contributed by atoms with Crippen molar-refractivity contribution in [2.75, 3.05) is 9.71 Å². The number of hydrogen-bond acceptors (Lipinski definition) is 3. The Labute approximate surface area is 468 Å². The predicted molar refractivity (Wildman–Crippen MR) is 339 cm³/mol. The first-order chi connectivity index (χ1) is 37.0. The maximum atomic E-state index is 2.73. The molecule has 0 N–H and O–H groups in total. The quantitative estimate of drug-likeness (QED) is 0.125.